The van der Waals surface area contributed by atoms with Crippen molar-refractivity contribution in [3.63, 3.8) is 0 Å². The molecule has 2 unspecified atom stereocenters. The molecule has 0 spiro atoms. The number of hydrogen-bond donors (Lipinski definition) is 1. The second-order valence-electron chi connectivity index (χ2n) is 3.79. The van der Waals surface area contributed by atoms with Gasteiger partial charge in [-0.2, -0.15) is 0 Å². The summed E-state index contributed by atoms with van der Waals surface area (Å²) in [7, 11) is 0. The summed E-state index contributed by atoms with van der Waals surface area (Å²) >= 11 is 6.05. The lowest BCUT2D eigenvalue weighted by atomic mass is 9.89. The van der Waals surface area contributed by atoms with Gasteiger partial charge in [0.2, 0.25) is 5.91 Å². The van der Waals surface area contributed by atoms with E-state index in [0.717, 1.165) is 19.4 Å². The molecule has 0 saturated heterocycles. The fourth-order valence-corrected chi connectivity index (χ4v) is 2.20. The molecule has 1 aliphatic carbocycles. The molecule has 1 saturated carbocycles. The number of carbonyl (C=O) groups is 1. The van der Waals surface area contributed by atoms with Crippen molar-refractivity contribution in [3.05, 3.63) is 0 Å². The van der Waals surface area contributed by atoms with Gasteiger partial charge in [-0.05, 0) is 25.2 Å². The van der Waals surface area contributed by atoms with E-state index in [1.165, 1.54) is 12.8 Å². The lowest BCUT2D eigenvalue weighted by Crippen LogP contribution is -2.31. The van der Waals surface area contributed by atoms with Crippen LogP contribution in [0.15, 0.2) is 0 Å². The second kappa shape index (κ2) is 5.48. The lowest BCUT2D eigenvalue weighted by molar-refractivity contribution is -0.121. The van der Waals surface area contributed by atoms with Crippen molar-refractivity contribution in [2.24, 2.45) is 5.92 Å². The Morgan fingerprint density at radius 3 is 2.92 bits per heavy atom. The largest absolute Gasteiger partial charge is 0.356 e. The maximum Gasteiger partial charge on any atom is 0.219 e. The Morgan fingerprint density at radius 1 is 1.54 bits per heavy atom. The summed E-state index contributed by atoms with van der Waals surface area (Å²) in [4.78, 5) is 11.0. The molecule has 1 rings (SSSR count). The molecular weight excluding hydrogens is 186 g/mol. The molecule has 0 aromatic rings. The quantitative estimate of drug-likeness (QED) is 0.701. The van der Waals surface area contributed by atoms with Gasteiger partial charge >= 0.3 is 0 Å². The Kier molecular flexibility index (Phi) is 4.57. The van der Waals surface area contributed by atoms with Gasteiger partial charge in [-0.3, -0.25) is 4.79 Å². The third-order valence-corrected chi connectivity index (χ3v) is 3.02. The van der Waals surface area contributed by atoms with Crippen molar-refractivity contribution in [2.45, 2.75) is 44.4 Å². The van der Waals surface area contributed by atoms with Crippen molar-refractivity contribution < 1.29 is 4.79 Å². The molecule has 0 bridgehead atoms. The van der Waals surface area contributed by atoms with E-state index in [2.05, 4.69) is 5.32 Å². The van der Waals surface area contributed by atoms with Crippen molar-refractivity contribution in [3.8, 4) is 0 Å². The predicted octanol–water partition coefficient (Wildman–Crippen LogP) is 2.31. The lowest BCUT2D eigenvalue weighted by Gasteiger charge is -2.25. The maximum absolute atomic E-state index is 11.0. The molecule has 1 N–H and O–H groups in total. The highest BCUT2D eigenvalue weighted by Crippen LogP contribution is 2.27. The van der Waals surface area contributed by atoms with Gasteiger partial charge in [0.1, 0.15) is 0 Å². The summed E-state index contributed by atoms with van der Waals surface area (Å²) in [5.74, 6) is 0.753. The summed E-state index contributed by atoms with van der Waals surface area (Å²) in [6.45, 7) is 2.69. The van der Waals surface area contributed by atoms with E-state index in [0.29, 0.717) is 17.7 Å². The van der Waals surface area contributed by atoms with E-state index >= 15 is 0 Å². The van der Waals surface area contributed by atoms with Crippen LogP contribution in [0.1, 0.15) is 39.0 Å². The minimum Gasteiger partial charge on any atom is -0.356 e. The van der Waals surface area contributed by atoms with Gasteiger partial charge in [0.25, 0.3) is 0 Å². The van der Waals surface area contributed by atoms with Crippen LogP contribution in [0.3, 0.4) is 0 Å². The first kappa shape index (κ1) is 10.8. The predicted molar refractivity (Wildman–Crippen MR) is 54.9 cm³/mol. The van der Waals surface area contributed by atoms with Gasteiger partial charge < -0.3 is 5.32 Å². The Bertz CT molecular complexity index is 172. The first-order valence-electron chi connectivity index (χ1n) is 5.13. The standard InChI is InChI=1S/C10H18ClNO/c1-2-10(13)12-7-8-4-3-5-9(11)6-8/h8-9H,2-7H2,1H3,(H,12,13). The molecule has 1 fully saturated rings. The molecule has 0 aromatic heterocycles. The fraction of sp³-hybridized carbons (Fsp3) is 0.900. The van der Waals surface area contributed by atoms with E-state index in [1.54, 1.807) is 0 Å². The molecule has 1 amide bonds. The molecule has 13 heavy (non-hydrogen) atoms. The maximum atomic E-state index is 11.0. The van der Waals surface area contributed by atoms with Gasteiger partial charge in [-0.25, -0.2) is 0 Å². The van der Waals surface area contributed by atoms with Gasteiger partial charge in [-0.15, -0.1) is 11.6 Å². The molecule has 0 aromatic carbocycles. The highest BCUT2D eigenvalue weighted by molar-refractivity contribution is 6.20. The average molecular weight is 204 g/mol. The average Bonchev–Trinajstić information content (AvgIpc) is 2.14. The van der Waals surface area contributed by atoms with Crippen LogP contribution in [-0.2, 0) is 4.79 Å². The zero-order valence-corrected chi connectivity index (χ0v) is 8.94. The number of rotatable bonds is 3. The Labute approximate surface area is 85.0 Å². The summed E-state index contributed by atoms with van der Waals surface area (Å²) in [5.41, 5.74) is 0. The molecule has 2 atom stereocenters. The van der Waals surface area contributed by atoms with Gasteiger partial charge in [-0.1, -0.05) is 13.3 Å². The Hall–Kier alpha value is -0.240. The van der Waals surface area contributed by atoms with Crippen LogP contribution in [-0.4, -0.2) is 17.8 Å². The first-order valence-corrected chi connectivity index (χ1v) is 5.56. The summed E-state index contributed by atoms with van der Waals surface area (Å²) in [6, 6.07) is 0. The summed E-state index contributed by atoms with van der Waals surface area (Å²) in [6.07, 6.45) is 5.20. The summed E-state index contributed by atoms with van der Waals surface area (Å²) in [5, 5.41) is 3.26. The van der Waals surface area contributed by atoms with E-state index in [-0.39, 0.29) is 5.91 Å². The van der Waals surface area contributed by atoms with Crippen molar-refractivity contribution >= 4 is 17.5 Å². The number of nitrogens with one attached hydrogen (secondary N) is 1. The number of halogens is 1. The molecule has 2 nitrogen and oxygen atoms in total. The van der Waals surface area contributed by atoms with E-state index in [9.17, 15) is 4.79 Å². The van der Waals surface area contributed by atoms with Gasteiger partial charge in [0.05, 0.1) is 0 Å². The molecule has 0 radical (unpaired) electrons. The monoisotopic (exact) mass is 203 g/mol. The number of amides is 1. The number of alkyl halides is 1. The van der Waals surface area contributed by atoms with E-state index < -0.39 is 0 Å². The van der Waals surface area contributed by atoms with Crippen LogP contribution < -0.4 is 5.32 Å². The molecule has 0 aliphatic heterocycles. The molecular formula is C10H18ClNO. The third kappa shape index (κ3) is 3.99. The highest BCUT2D eigenvalue weighted by Gasteiger charge is 2.20. The minimum absolute atomic E-state index is 0.150. The highest BCUT2D eigenvalue weighted by atomic mass is 35.5. The number of hydrogen-bond acceptors (Lipinski definition) is 1. The smallest absolute Gasteiger partial charge is 0.219 e. The van der Waals surface area contributed by atoms with Crippen molar-refractivity contribution in [1.29, 1.82) is 0 Å². The second-order valence-corrected chi connectivity index (χ2v) is 4.40. The van der Waals surface area contributed by atoms with Crippen molar-refractivity contribution in [2.75, 3.05) is 6.54 Å². The molecule has 76 valence electrons. The zero-order valence-electron chi connectivity index (χ0n) is 8.18. The van der Waals surface area contributed by atoms with Gasteiger partial charge in [0, 0.05) is 18.3 Å². The van der Waals surface area contributed by atoms with E-state index in [4.69, 9.17) is 11.6 Å². The SMILES string of the molecule is CCC(=O)NCC1CCCC(Cl)C1. The molecule has 3 heteroatoms. The molecule has 1 aliphatic rings. The third-order valence-electron chi connectivity index (χ3n) is 2.63. The fourth-order valence-electron chi connectivity index (χ4n) is 1.79. The minimum atomic E-state index is 0.150. The van der Waals surface area contributed by atoms with Crippen LogP contribution in [0, 0.1) is 5.92 Å². The van der Waals surface area contributed by atoms with Crippen LogP contribution in [0.2, 0.25) is 0 Å². The first-order chi connectivity index (χ1) is 6.22. The normalized spacial score (nSPS) is 28.5. The summed E-state index contributed by atoms with van der Waals surface area (Å²) < 4.78 is 0. The van der Waals surface area contributed by atoms with E-state index in [1.807, 2.05) is 6.92 Å². The van der Waals surface area contributed by atoms with Crippen molar-refractivity contribution in [1.82, 2.24) is 5.32 Å². The van der Waals surface area contributed by atoms with Crippen LogP contribution >= 0.6 is 11.6 Å². The van der Waals surface area contributed by atoms with Crippen LogP contribution in [0.4, 0.5) is 0 Å². The Balaban J connectivity index is 2.17. The van der Waals surface area contributed by atoms with Crippen LogP contribution in [0.25, 0.3) is 0 Å². The topological polar surface area (TPSA) is 29.1 Å². The molecule has 0 heterocycles. The number of carbonyl (C=O) groups excluding carboxylic acids is 1. The Morgan fingerprint density at radius 2 is 2.31 bits per heavy atom. The van der Waals surface area contributed by atoms with Gasteiger partial charge in [0.15, 0.2) is 0 Å². The zero-order chi connectivity index (χ0) is 9.68. The van der Waals surface area contributed by atoms with Crippen LogP contribution in [0.5, 0.6) is 0 Å².